The van der Waals surface area contributed by atoms with Crippen LogP contribution in [0.15, 0.2) is 24.4 Å². The van der Waals surface area contributed by atoms with Crippen molar-refractivity contribution in [1.82, 2.24) is 4.98 Å². The van der Waals surface area contributed by atoms with Gasteiger partial charge >= 0.3 is 11.9 Å². The molecule has 0 fully saturated rings. The number of carboxylic acid groups (broad SMARTS) is 1. The van der Waals surface area contributed by atoms with E-state index in [-0.39, 0.29) is 37.4 Å². The molecule has 1 unspecified atom stereocenters. The topological polar surface area (TPSA) is 129 Å². The monoisotopic (exact) mass is 305 g/mol. The molecule has 1 aromatic rings. The summed E-state index contributed by atoms with van der Waals surface area (Å²) in [6.45, 7) is 1.87. The molecule has 1 aromatic heterocycles. The lowest BCUT2D eigenvalue weighted by atomic mass is 10.1. The fourth-order valence-electron chi connectivity index (χ4n) is 1.10. The molecule has 0 saturated heterocycles. The molecule has 7 nitrogen and oxygen atoms in total. The molecule has 0 aliphatic heterocycles. The number of hydrogen-bond donors (Lipinski definition) is 3. The van der Waals surface area contributed by atoms with Gasteiger partial charge in [-0.05, 0) is 19.1 Å². The Morgan fingerprint density at radius 2 is 2.05 bits per heavy atom. The number of aliphatic carboxylic acids is 1. The van der Waals surface area contributed by atoms with Gasteiger partial charge in [-0.15, -0.1) is 12.4 Å². The maximum absolute atomic E-state index is 11.1. The third-order valence-corrected chi connectivity index (χ3v) is 1.93. The summed E-state index contributed by atoms with van der Waals surface area (Å²) in [6, 6.07) is 5.06. The highest BCUT2D eigenvalue weighted by Crippen LogP contribution is 2.10. The summed E-state index contributed by atoms with van der Waals surface area (Å²) in [5, 5.41) is 7.60. The number of rotatable bonds is 5. The van der Waals surface area contributed by atoms with Crippen molar-refractivity contribution in [3.8, 4) is 0 Å². The Kier molecular flexibility index (Phi) is 12.7. The second-order valence-electron chi connectivity index (χ2n) is 3.47. The highest BCUT2D eigenvalue weighted by Gasteiger charge is 2.12. The number of carboxylic acids is 1. The van der Waals surface area contributed by atoms with E-state index in [9.17, 15) is 9.59 Å². The number of carbonyl (C=O) groups is 2. The van der Waals surface area contributed by atoms with Crippen LogP contribution in [0.25, 0.3) is 0 Å². The van der Waals surface area contributed by atoms with Crippen LogP contribution in [0.5, 0.6) is 0 Å². The predicted octanol–water partition coefficient (Wildman–Crippen LogP) is 0.486. The molecule has 0 aliphatic rings. The highest BCUT2D eigenvalue weighted by atomic mass is 35.5. The number of carbonyl (C=O) groups excluding carboxylic acids is 1. The van der Waals surface area contributed by atoms with Crippen LogP contribution < -0.4 is 11.5 Å². The summed E-state index contributed by atoms with van der Waals surface area (Å²) in [7, 11) is 0. The lowest BCUT2D eigenvalue weighted by Gasteiger charge is -2.09. The van der Waals surface area contributed by atoms with E-state index < -0.39 is 5.97 Å². The van der Waals surface area contributed by atoms with E-state index in [0.717, 1.165) is 0 Å². The van der Waals surface area contributed by atoms with Crippen molar-refractivity contribution in [3.05, 3.63) is 30.1 Å². The second kappa shape index (κ2) is 12.3. The van der Waals surface area contributed by atoms with Gasteiger partial charge in [0.15, 0.2) is 0 Å². The molecule has 1 heterocycles. The van der Waals surface area contributed by atoms with E-state index in [1.165, 1.54) is 0 Å². The third-order valence-electron chi connectivity index (χ3n) is 1.93. The number of halogens is 1. The van der Waals surface area contributed by atoms with Gasteiger partial charge in [0.05, 0.1) is 31.3 Å². The number of pyridine rings is 1. The minimum absolute atomic E-state index is 0. The van der Waals surface area contributed by atoms with E-state index in [1.807, 2.05) is 6.07 Å². The molecule has 114 valence electrons. The minimum Gasteiger partial charge on any atom is -0.480 e. The number of nitrogens with two attached hydrogens (primary N) is 2. The second-order valence-corrected chi connectivity index (χ2v) is 3.47. The molecular formula is C12H20ClN3O4. The standard InChI is InChI=1S/C10H14N2O2.C2H5NO2.ClH/c1-2-14-10(13)7-8(11)9-5-3-4-6-12-9;3-1-2(4)5;/h3-6,8H,2,7,11H2,1H3;1,3H2,(H,4,5);1H. The molecule has 0 amide bonds. The average Bonchev–Trinajstić information content (AvgIpc) is 2.40. The zero-order valence-electron chi connectivity index (χ0n) is 11.2. The molecule has 0 radical (unpaired) electrons. The molecule has 1 rings (SSSR count). The van der Waals surface area contributed by atoms with Crippen LogP contribution in [0.3, 0.4) is 0 Å². The summed E-state index contributed by atoms with van der Waals surface area (Å²) in [5.74, 6) is -1.25. The van der Waals surface area contributed by atoms with Gasteiger partial charge in [0.25, 0.3) is 0 Å². The molecule has 20 heavy (non-hydrogen) atoms. The molecule has 0 saturated carbocycles. The molecule has 0 aliphatic carbocycles. The smallest absolute Gasteiger partial charge is 0.317 e. The number of ether oxygens (including phenoxy) is 1. The van der Waals surface area contributed by atoms with Gasteiger partial charge in [0, 0.05) is 6.20 Å². The van der Waals surface area contributed by atoms with Gasteiger partial charge < -0.3 is 21.3 Å². The lowest BCUT2D eigenvalue weighted by molar-refractivity contribution is -0.143. The van der Waals surface area contributed by atoms with Crippen molar-refractivity contribution < 1.29 is 19.4 Å². The van der Waals surface area contributed by atoms with E-state index in [2.05, 4.69) is 10.7 Å². The molecule has 0 aromatic carbocycles. The zero-order chi connectivity index (χ0) is 14.7. The van der Waals surface area contributed by atoms with Crippen LogP contribution in [0.2, 0.25) is 0 Å². The van der Waals surface area contributed by atoms with Crippen LogP contribution in [0.4, 0.5) is 0 Å². The van der Waals surface area contributed by atoms with Crippen LogP contribution in [-0.4, -0.2) is 35.2 Å². The first kappa shape index (κ1) is 20.6. The number of aromatic nitrogens is 1. The highest BCUT2D eigenvalue weighted by molar-refractivity contribution is 5.85. The number of hydrogen-bond acceptors (Lipinski definition) is 6. The normalized spacial score (nSPS) is 10.3. The van der Waals surface area contributed by atoms with Gasteiger partial charge in [-0.2, -0.15) is 0 Å². The van der Waals surface area contributed by atoms with Crippen molar-refractivity contribution in [2.75, 3.05) is 13.2 Å². The molecule has 0 bridgehead atoms. The van der Waals surface area contributed by atoms with Gasteiger partial charge in [0.2, 0.25) is 0 Å². The Labute approximate surface area is 123 Å². The Morgan fingerprint density at radius 3 is 2.45 bits per heavy atom. The van der Waals surface area contributed by atoms with Crippen LogP contribution in [0.1, 0.15) is 25.1 Å². The summed E-state index contributed by atoms with van der Waals surface area (Å²) in [6.07, 6.45) is 1.82. The predicted molar refractivity (Wildman–Crippen MR) is 76.4 cm³/mol. The maximum atomic E-state index is 11.1. The van der Waals surface area contributed by atoms with Gasteiger partial charge in [-0.25, -0.2) is 0 Å². The summed E-state index contributed by atoms with van der Waals surface area (Å²) in [4.78, 5) is 24.4. The number of nitrogens with zero attached hydrogens (tertiary/aromatic N) is 1. The molecule has 8 heteroatoms. The summed E-state index contributed by atoms with van der Waals surface area (Å²) < 4.78 is 4.79. The Hall–Kier alpha value is -1.70. The minimum atomic E-state index is -0.968. The molecule has 1 atom stereocenters. The number of esters is 1. The molecule has 5 N–H and O–H groups in total. The summed E-state index contributed by atoms with van der Waals surface area (Å²) in [5.41, 5.74) is 11.0. The lowest BCUT2D eigenvalue weighted by Crippen LogP contribution is -2.18. The van der Waals surface area contributed by atoms with Crippen molar-refractivity contribution in [1.29, 1.82) is 0 Å². The first-order valence-corrected chi connectivity index (χ1v) is 5.75. The van der Waals surface area contributed by atoms with Crippen molar-refractivity contribution >= 4 is 24.3 Å². The summed E-state index contributed by atoms with van der Waals surface area (Å²) >= 11 is 0. The first-order chi connectivity index (χ1) is 9.01. The Bertz CT molecular complexity index is 390. The van der Waals surface area contributed by atoms with Crippen molar-refractivity contribution in [2.24, 2.45) is 11.5 Å². The Morgan fingerprint density at radius 1 is 1.45 bits per heavy atom. The maximum Gasteiger partial charge on any atom is 0.317 e. The van der Waals surface area contributed by atoms with E-state index in [1.54, 1.807) is 25.3 Å². The van der Waals surface area contributed by atoms with Crippen LogP contribution in [-0.2, 0) is 14.3 Å². The van der Waals surface area contributed by atoms with Gasteiger partial charge in [-0.3, -0.25) is 14.6 Å². The first-order valence-electron chi connectivity index (χ1n) is 5.75. The average molecular weight is 306 g/mol. The van der Waals surface area contributed by atoms with Gasteiger partial charge in [-0.1, -0.05) is 6.07 Å². The van der Waals surface area contributed by atoms with Crippen LogP contribution >= 0.6 is 12.4 Å². The quantitative estimate of drug-likeness (QED) is 0.675. The Balaban J connectivity index is 0. The van der Waals surface area contributed by atoms with E-state index in [4.69, 9.17) is 15.6 Å². The largest absolute Gasteiger partial charge is 0.480 e. The van der Waals surface area contributed by atoms with Crippen molar-refractivity contribution in [2.45, 2.75) is 19.4 Å². The van der Waals surface area contributed by atoms with Crippen molar-refractivity contribution in [3.63, 3.8) is 0 Å². The van der Waals surface area contributed by atoms with E-state index >= 15 is 0 Å². The molecular weight excluding hydrogens is 286 g/mol. The van der Waals surface area contributed by atoms with E-state index in [0.29, 0.717) is 12.3 Å². The van der Waals surface area contributed by atoms with Gasteiger partial charge in [0.1, 0.15) is 0 Å². The third kappa shape index (κ3) is 10.2. The SMILES string of the molecule is CCOC(=O)CC(N)c1ccccn1.Cl.NCC(=O)O. The fraction of sp³-hybridized carbons (Fsp3) is 0.417. The molecule has 0 spiro atoms. The zero-order valence-corrected chi connectivity index (χ0v) is 12.0. The fourth-order valence-corrected chi connectivity index (χ4v) is 1.10. The van der Waals surface area contributed by atoms with Crippen LogP contribution in [0, 0.1) is 0 Å².